The van der Waals surface area contributed by atoms with Gasteiger partial charge in [-0.25, -0.2) is 9.87 Å². The highest BCUT2D eigenvalue weighted by atomic mass is 79.9. The van der Waals surface area contributed by atoms with Crippen molar-refractivity contribution in [1.29, 1.82) is 0 Å². The molecule has 1 aromatic carbocycles. The largest absolute Gasteiger partial charge is 0.393 e. The summed E-state index contributed by atoms with van der Waals surface area (Å²) in [5, 5.41) is 11.9. The molecular formula is C23H28BrF2N3O4. The van der Waals surface area contributed by atoms with Gasteiger partial charge in [-0.1, -0.05) is 35.2 Å². The molecule has 0 radical (unpaired) electrons. The molecule has 7 nitrogen and oxygen atoms in total. The Labute approximate surface area is 199 Å². The average Bonchev–Trinajstić information content (AvgIpc) is 2.79. The number of amides is 1. The van der Waals surface area contributed by atoms with Crippen LogP contribution in [0.15, 0.2) is 33.7 Å². The quantitative estimate of drug-likeness (QED) is 0.434. The van der Waals surface area contributed by atoms with Crippen LogP contribution in [0, 0.1) is 17.6 Å². The van der Waals surface area contributed by atoms with E-state index < -0.39 is 34.4 Å². The number of hydrogen-bond donors (Lipinski definition) is 3. The first-order chi connectivity index (χ1) is 15.6. The first kappa shape index (κ1) is 25.3. The number of nitrogens with one attached hydrogen (secondary N) is 2. The summed E-state index contributed by atoms with van der Waals surface area (Å²) in [6.07, 6.45) is 6.33. The molecule has 2 aromatic rings. The van der Waals surface area contributed by atoms with Crippen LogP contribution in [0.2, 0.25) is 0 Å². The van der Waals surface area contributed by atoms with Crippen molar-refractivity contribution < 1.29 is 23.5 Å². The monoisotopic (exact) mass is 527 g/mol. The number of halogens is 3. The minimum absolute atomic E-state index is 0.104. The Morgan fingerprint density at radius 1 is 1.27 bits per heavy atom. The molecule has 0 saturated heterocycles. The maximum absolute atomic E-state index is 15.3. The van der Waals surface area contributed by atoms with Crippen LogP contribution >= 0.6 is 15.9 Å². The predicted molar refractivity (Wildman–Crippen MR) is 124 cm³/mol. The number of pyridine rings is 1. The van der Waals surface area contributed by atoms with E-state index >= 15 is 4.39 Å². The molecule has 1 aliphatic carbocycles. The van der Waals surface area contributed by atoms with E-state index in [0.717, 1.165) is 32.1 Å². The predicted octanol–water partition coefficient (Wildman–Crippen LogP) is 4.65. The lowest BCUT2D eigenvalue weighted by Gasteiger charge is -2.24. The van der Waals surface area contributed by atoms with Gasteiger partial charge in [0.15, 0.2) is 0 Å². The standard InChI is InChI=1S/C23H28BrF2N3O4/c1-23(2,13-30)33-28-21(31)16-12-29(11-14-6-4-3-5-7-14)22(32)19(26)20(16)27-18-9-8-15(24)10-17(18)25/h8-10,12,14,27,30H,3-7,11,13H2,1-2H3,(H,28,31). The molecule has 10 heteroatoms. The van der Waals surface area contributed by atoms with Crippen molar-refractivity contribution in [2.75, 3.05) is 11.9 Å². The molecule has 1 fully saturated rings. The van der Waals surface area contributed by atoms with Crippen molar-refractivity contribution in [3.63, 3.8) is 0 Å². The van der Waals surface area contributed by atoms with Crippen LogP contribution in [0.25, 0.3) is 0 Å². The highest BCUT2D eigenvalue weighted by molar-refractivity contribution is 9.10. The maximum Gasteiger partial charge on any atom is 0.288 e. The molecule has 1 saturated carbocycles. The summed E-state index contributed by atoms with van der Waals surface area (Å²) in [6.45, 7) is 3.01. The van der Waals surface area contributed by atoms with Gasteiger partial charge in [0.1, 0.15) is 11.4 Å². The highest BCUT2D eigenvalue weighted by Crippen LogP contribution is 2.28. The Hall–Kier alpha value is -2.30. The van der Waals surface area contributed by atoms with Crippen molar-refractivity contribution in [3.8, 4) is 0 Å². The highest BCUT2D eigenvalue weighted by Gasteiger charge is 2.26. The van der Waals surface area contributed by atoms with Crippen molar-refractivity contribution >= 4 is 33.2 Å². The van der Waals surface area contributed by atoms with Crippen LogP contribution in [0.5, 0.6) is 0 Å². The summed E-state index contributed by atoms with van der Waals surface area (Å²) in [5.41, 5.74) is -0.569. The molecule has 0 aliphatic heterocycles. The van der Waals surface area contributed by atoms with Crippen molar-refractivity contribution in [3.05, 3.63) is 56.4 Å². The van der Waals surface area contributed by atoms with Gasteiger partial charge in [0, 0.05) is 17.2 Å². The number of benzene rings is 1. The fourth-order valence-electron chi connectivity index (χ4n) is 3.71. The van der Waals surface area contributed by atoms with Gasteiger partial charge in [-0.2, -0.15) is 4.39 Å². The number of anilines is 2. The fraction of sp³-hybridized carbons (Fsp3) is 0.478. The first-order valence-corrected chi connectivity index (χ1v) is 11.6. The van der Waals surface area contributed by atoms with E-state index in [-0.39, 0.29) is 30.3 Å². The van der Waals surface area contributed by atoms with Crippen LogP contribution < -0.4 is 16.4 Å². The molecule has 0 spiro atoms. The van der Waals surface area contributed by atoms with E-state index in [4.69, 9.17) is 4.84 Å². The molecular weight excluding hydrogens is 500 g/mol. The molecule has 1 amide bonds. The van der Waals surface area contributed by atoms with Crippen LogP contribution in [0.3, 0.4) is 0 Å². The Morgan fingerprint density at radius 3 is 2.61 bits per heavy atom. The van der Waals surface area contributed by atoms with Crippen LogP contribution in [-0.2, 0) is 11.4 Å². The van der Waals surface area contributed by atoms with E-state index in [1.54, 1.807) is 19.9 Å². The summed E-state index contributed by atoms with van der Waals surface area (Å²) < 4.78 is 31.3. The number of hydroxylamine groups is 1. The Bertz CT molecular complexity index is 1070. The third-order valence-electron chi connectivity index (χ3n) is 5.64. The number of nitrogens with zero attached hydrogens (tertiary/aromatic N) is 1. The van der Waals surface area contributed by atoms with E-state index in [2.05, 4.69) is 26.7 Å². The molecule has 3 rings (SSSR count). The summed E-state index contributed by atoms with van der Waals surface area (Å²) in [5.74, 6) is -2.52. The van der Waals surface area contributed by atoms with Crippen molar-refractivity contribution in [1.82, 2.24) is 10.0 Å². The first-order valence-electron chi connectivity index (χ1n) is 10.9. The third-order valence-corrected chi connectivity index (χ3v) is 6.13. The zero-order chi connectivity index (χ0) is 24.2. The number of aliphatic hydroxyl groups excluding tert-OH is 1. The second-order valence-corrected chi connectivity index (χ2v) is 9.81. The lowest BCUT2D eigenvalue weighted by atomic mass is 9.89. The molecule has 1 heterocycles. The summed E-state index contributed by atoms with van der Waals surface area (Å²) in [4.78, 5) is 30.9. The van der Waals surface area contributed by atoms with Crippen molar-refractivity contribution in [2.45, 2.75) is 58.1 Å². The minimum atomic E-state index is -1.19. The normalized spacial score (nSPS) is 14.8. The second-order valence-electron chi connectivity index (χ2n) is 8.89. The Morgan fingerprint density at radius 2 is 1.97 bits per heavy atom. The van der Waals surface area contributed by atoms with E-state index in [1.165, 1.54) is 22.9 Å². The van der Waals surface area contributed by atoms with Crippen LogP contribution in [-0.4, -0.2) is 27.8 Å². The zero-order valence-corrected chi connectivity index (χ0v) is 20.2. The van der Waals surface area contributed by atoms with Crippen molar-refractivity contribution in [2.24, 2.45) is 5.92 Å². The molecule has 180 valence electrons. The van der Waals surface area contributed by atoms with Gasteiger partial charge < -0.3 is 15.0 Å². The number of hydrogen-bond acceptors (Lipinski definition) is 5. The third kappa shape index (κ3) is 6.39. The number of carbonyl (C=O) groups excluding carboxylic acids is 1. The molecule has 1 aromatic heterocycles. The molecule has 0 atom stereocenters. The molecule has 0 unspecified atom stereocenters. The lowest BCUT2D eigenvalue weighted by molar-refractivity contribution is -0.0956. The molecule has 3 N–H and O–H groups in total. The fourth-order valence-corrected chi connectivity index (χ4v) is 4.04. The minimum Gasteiger partial charge on any atom is -0.393 e. The van der Waals surface area contributed by atoms with Crippen LogP contribution in [0.1, 0.15) is 56.3 Å². The van der Waals surface area contributed by atoms with Crippen LogP contribution in [0.4, 0.5) is 20.2 Å². The number of rotatable bonds is 8. The molecule has 1 aliphatic rings. The molecule has 0 bridgehead atoms. The van der Waals surface area contributed by atoms with Gasteiger partial charge in [0.2, 0.25) is 5.82 Å². The summed E-state index contributed by atoms with van der Waals surface area (Å²) in [6, 6.07) is 4.08. The van der Waals surface area contributed by atoms with Gasteiger partial charge >= 0.3 is 0 Å². The van der Waals surface area contributed by atoms with Gasteiger partial charge in [-0.05, 0) is 50.8 Å². The number of aliphatic hydroxyl groups is 1. The topological polar surface area (TPSA) is 92.6 Å². The summed E-state index contributed by atoms with van der Waals surface area (Å²) in [7, 11) is 0. The number of aromatic nitrogens is 1. The van der Waals surface area contributed by atoms with E-state index in [9.17, 15) is 19.1 Å². The maximum atomic E-state index is 15.3. The Balaban J connectivity index is 2.00. The van der Waals surface area contributed by atoms with E-state index in [1.807, 2.05) is 0 Å². The SMILES string of the molecule is CC(C)(CO)ONC(=O)c1cn(CC2CCCCC2)c(=O)c(F)c1Nc1ccc(Br)cc1F. The summed E-state index contributed by atoms with van der Waals surface area (Å²) >= 11 is 3.15. The second kappa shape index (κ2) is 10.8. The Kier molecular flexibility index (Phi) is 8.25. The van der Waals surface area contributed by atoms with Gasteiger partial charge in [-0.15, -0.1) is 0 Å². The number of carbonyl (C=O) groups is 1. The lowest BCUT2D eigenvalue weighted by Crippen LogP contribution is -2.39. The van der Waals surface area contributed by atoms with Gasteiger partial charge in [0.25, 0.3) is 11.5 Å². The molecule has 33 heavy (non-hydrogen) atoms. The van der Waals surface area contributed by atoms with Gasteiger partial charge in [0.05, 0.1) is 23.5 Å². The smallest absolute Gasteiger partial charge is 0.288 e. The average molecular weight is 528 g/mol. The zero-order valence-electron chi connectivity index (χ0n) is 18.6. The van der Waals surface area contributed by atoms with Gasteiger partial charge in [-0.3, -0.25) is 14.4 Å². The van der Waals surface area contributed by atoms with E-state index in [0.29, 0.717) is 4.47 Å².